The van der Waals surface area contributed by atoms with Crippen molar-refractivity contribution in [3.05, 3.63) is 75.6 Å². The van der Waals surface area contributed by atoms with Crippen molar-refractivity contribution in [2.75, 3.05) is 24.7 Å². The molecule has 1 aromatic heterocycles. The van der Waals surface area contributed by atoms with Crippen molar-refractivity contribution < 1.29 is 18.1 Å². The first-order valence-corrected chi connectivity index (χ1v) is 11.6. The van der Waals surface area contributed by atoms with Gasteiger partial charge in [0.05, 0.1) is 33.0 Å². The number of hydrogen-bond acceptors (Lipinski definition) is 7. The quantitative estimate of drug-likeness (QED) is 0.301. The van der Waals surface area contributed by atoms with Crippen LogP contribution in [0.25, 0.3) is 5.69 Å². The topological polar surface area (TPSA) is 136 Å². The average Bonchev–Trinajstić information content (AvgIpc) is 3.11. The molecule has 3 rings (SSSR count). The van der Waals surface area contributed by atoms with Crippen molar-refractivity contribution >= 4 is 27.1 Å². The van der Waals surface area contributed by atoms with Gasteiger partial charge in [0.2, 0.25) is 0 Å². The third-order valence-corrected chi connectivity index (χ3v) is 6.03. The molecule has 3 aromatic rings. The molecule has 0 bridgehead atoms. The van der Waals surface area contributed by atoms with Crippen molar-refractivity contribution in [3.63, 3.8) is 0 Å². The van der Waals surface area contributed by atoms with Crippen LogP contribution in [0.5, 0.6) is 0 Å². The number of rotatable bonds is 8. The van der Waals surface area contributed by atoms with E-state index in [2.05, 4.69) is 15.7 Å². The summed E-state index contributed by atoms with van der Waals surface area (Å²) >= 11 is 0. The van der Waals surface area contributed by atoms with Gasteiger partial charge in [0.1, 0.15) is 5.69 Å². The molecule has 0 unspecified atom stereocenters. The van der Waals surface area contributed by atoms with E-state index in [1.807, 2.05) is 31.2 Å². The van der Waals surface area contributed by atoms with Crippen molar-refractivity contribution in [3.8, 4) is 5.69 Å². The largest absolute Gasteiger partial charge is 0.378 e. The molecule has 168 valence electrons. The van der Waals surface area contributed by atoms with Gasteiger partial charge in [-0.25, -0.2) is 13.1 Å². The zero-order valence-corrected chi connectivity index (χ0v) is 18.6. The van der Waals surface area contributed by atoms with E-state index in [0.717, 1.165) is 23.6 Å². The van der Waals surface area contributed by atoms with Gasteiger partial charge in [0, 0.05) is 25.4 Å². The highest BCUT2D eigenvalue weighted by atomic mass is 32.2. The van der Waals surface area contributed by atoms with Gasteiger partial charge in [-0.05, 0) is 37.6 Å². The Morgan fingerprint density at radius 3 is 2.53 bits per heavy atom. The lowest BCUT2D eigenvalue weighted by Crippen LogP contribution is -2.29. The van der Waals surface area contributed by atoms with E-state index in [1.165, 1.54) is 18.3 Å². The minimum atomic E-state index is -3.56. The Morgan fingerprint density at radius 1 is 1.16 bits per heavy atom. The van der Waals surface area contributed by atoms with Crippen LogP contribution in [-0.2, 0) is 9.84 Å². The number of nitrogens with zero attached hydrogens (tertiary/aromatic N) is 3. The molecular weight excluding hydrogens is 434 g/mol. The van der Waals surface area contributed by atoms with Gasteiger partial charge in [-0.2, -0.15) is 5.10 Å². The summed E-state index contributed by atoms with van der Waals surface area (Å²) in [4.78, 5) is 23.1. The first kappa shape index (κ1) is 22.9. The second-order valence-electron chi connectivity index (χ2n) is 7.23. The molecule has 0 radical (unpaired) electrons. The highest BCUT2D eigenvalue weighted by Gasteiger charge is 2.19. The number of para-hydroxylation sites is 1. The van der Waals surface area contributed by atoms with E-state index < -0.39 is 14.8 Å². The maximum absolute atomic E-state index is 12.6. The number of nitrogens with one attached hydrogen (secondary N) is 2. The van der Waals surface area contributed by atoms with Crippen molar-refractivity contribution in [1.82, 2.24) is 15.1 Å². The maximum atomic E-state index is 12.6. The molecule has 0 aliphatic rings. The number of nitro benzene ring substituents is 1. The fraction of sp³-hybridized carbons (Fsp3) is 0.238. The Balaban J connectivity index is 1.64. The Bertz CT molecular complexity index is 1280. The van der Waals surface area contributed by atoms with Crippen LogP contribution < -0.4 is 10.6 Å². The van der Waals surface area contributed by atoms with Gasteiger partial charge < -0.3 is 10.6 Å². The highest BCUT2D eigenvalue weighted by molar-refractivity contribution is 7.90. The van der Waals surface area contributed by atoms with Crippen LogP contribution in [-0.4, -0.2) is 48.4 Å². The average molecular weight is 458 g/mol. The number of anilines is 1. The van der Waals surface area contributed by atoms with Gasteiger partial charge >= 0.3 is 0 Å². The first-order chi connectivity index (χ1) is 15.1. The van der Waals surface area contributed by atoms with Crippen LogP contribution in [0.3, 0.4) is 0 Å². The molecule has 10 nitrogen and oxygen atoms in total. The summed E-state index contributed by atoms with van der Waals surface area (Å²) in [7, 11) is -3.56. The molecule has 2 aromatic carbocycles. The Hall–Kier alpha value is -3.73. The van der Waals surface area contributed by atoms with Crippen LogP contribution in [0.4, 0.5) is 11.4 Å². The standard InChI is InChI=1S/C21H23N5O5S/c1-14-6-4-5-7-19(14)25-15(2)17(13-24-25)21(27)23-11-10-22-18-9-8-16(32(3,30)31)12-20(18)26(28)29/h4-9,12-13,22H,10-11H2,1-3H3,(H,23,27). The highest BCUT2D eigenvalue weighted by Crippen LogP contribution is 2.27. The first-order valence-electron chi connectivity index (χ1n) is 9.71. The molecule has 0 fully saturated rings. The van der Waals surface area contributed by atoms with Gasteiger partial charge in [0.25, 0.3) is 11.6 Å². The molecular formula is C21H23N5O5S. The number of nitro groups is 1. The maximum Gasteiger partial charge on any atom is 0.293 e. The zero-order chi connectivity index (χ0) is 23.5. The van der Waals surface area contributed by atoms with Crippen LogP contribution in [0.1, 0.15) is 21.6 Å². The smallest absolute Gasteiger partial charge is 0.293 e. The van der Waals surface area contributed by atoms with Gasteiger partial charge in [-0.1, -0.05) is 18.2 Å². The van der Waals surface area contributed by atoms with Gasteiger partial charge in [-0.3, -0.25) is 14.9 Å². The minimum Gasteiger partial charge on any atom is -0.378 e. The zero-order valence-electron chi connectivity index (χ0n) is 17.8. The fourth-order valence-electron chi connectivity index (χ4n) is 3.19. The lowest BCUT2D eigenvalue weighted by atomic mass is 10.2. The summed E-state index contributed by atoms with van der Waals surface area (Å²) in [5, 5.41) is 21.2. The minimum absolute atomic E-state index is 0.135. The molecule has 1 heterocycles. The van der Waals surface area contributed by atoms with Gasteiger partial charge in [-0.15, -0.1) is 0 Å². The number of sulfone groups is 1. The number of benzene rings is 2. The number of amides is 1. The number of aryl methyl sites for hydroxylation is 1. The second-order valence-corrected chi connectivity index (χ2v) is 9.25. The lowest BCUT2D eigenvalue weighted by molar-refractivity contribution is -0.384. The molecule has 0 saturated carbocycles. The van der Waals surface area contributed by atoms with E-state index in [-0.39, 0.29) is 35.3 Å². The molecule has 0 aliphatic heterocycles. The Morgan fingerprint density at radius 2 is 1.88 bits per heavy atom. The number of aromatic nitrogens is 2. The Labute approximate surface area is 185 Å². The summed E-state index contributed by atoms with van der Waals surface area (Å²) < 4.78 is 25.0. The molecule has 2 N–H and O–H groups in total. The monoisotopic (exact) mass is 457 g/mol. The molecule has 0 atom stereocenters. The lowest BCUT2D eigenvalue weighted by Gasteiger charge is -2.10. The summed E-state index contributed by atoms with van der Waals surface area (Å²) in [5.41, 5.74) is 2.84. The van der Waals surface area contributed by atoms with E-state index >= 15 is 0 Å². The fourth-order valence-corrected chi connectivity index (χ4v) is 3.83. The van der Waals surface area contributed by atoms with E-state index in [9.17, 15) is 23.3 Å². The third kappa shape index (κ3) is 4.94. The summed E-state index contributed by atoms with van der Waals surface area (Å²) in [5.74, 6) is -0.314. The molecule has 0 spiro atoms. The summed E-state index contributed by atoms with van der Waals surface area (Å²) in [6.07, 6.45) is 2.48. The predicted molar refractivity (Wildman–Crippen MR) is 120 cm³/mol. The van der Waals surface area contributed by atoms with Crippen molar-refractivity contribution in [2.45, 2.75) is 18.7 Å². The second kappa shape index (κ2) is 9.18. The third-order valence-electron chi connectivity index (χ3n) is 4.92. The number of hydrogen-bond donors (Lipinski definition) is 2. The van der Waals surface area contributed by atoms with Crippen LogP contribution in [0.2, 0.25) is 0 Å². The van der Waals surface area contributed by atoms with Crippen molar-refractivity contribution in [1.29, 1.82) is 0 Å². The molecule has 0 saturated heterocycles. The molecule has 0 aliphatic carbocycles. The van der Waals surface area contributed by atoms with Crippen molar-refractivity contribution in [2.24, 2.45) is 0 Å². The predicted octanol–water partition coefficient (Wildman–Crippen LogP) is 2.64. The SMILES string of the molecule is Cc1ccccc1-n1ncc(C(=O)NCCNc2ccc(S(C)(=O)=O)cc2[N+](=O)[O-])c1C. The molecule has 32 heavy (non-hydrogen) atoms. The number of carbonyl (C=O) groups is 1. The molecule has 1 amide bonds. The van der Waals surface area contributed by atoms with E-state index in [1.54, 1.807) is 11.6 Å². The normalized spacial score (nSPS) is 11.2. The summed E-state index contributed by atoms with van der Waals surface area (Å²) in [6.45, 7) is 4.16. The van der Waals surface area contributed by atoms with Crippen LogP contribution in [0.15, 0.2) is 53.6 Å². The Kier molecular flexibility index (Phi) is 6.58. The number of carbonyl (C=O) groups excluding carboxylic acids is 1. The van der Waals surface area contributed by atoms with Crippen LogP contribution in [0, 0.1) is 24.0 Å². The molecule has 11 heteroatoms. The van der Waals surface area contributed by atoms with Crippen LogP contribution >= 0.6 is 0 Å². The van der Waals surface area contributed by atoms with Gasteiger partial charge in [0.15, 0.2) is 9.84 Å². The van der Waals surface area contributed by atoms with E-state index in [4.69, 9.17) is 0 Å². The summed E-state index contributed by atoms with van der Waals surface area (Å²) in [6, 6.07) is 11.4. The van der Waals surface area contributed by atoms with E-state index in [0.29, 0.717) is 11.3 Å².